The molecule has 4 atom stereocenters. The zero-order valence-electron chi connectivity index (χ0n) is 13.0. The second-order valence-electron chi connectivity index (χ2n) is 6.86. The van der Waals surface area contributed by atoms with Crippen LogP contribution in [0.5, 0.6) is 0 Å². The highest BCUT2D eigenvalue weighted by Gasteiger charge is 2.63. The summed E-state index contributed by atoms with van der Waals surface area (Å²) in [6.07, 6.45) is 2.31. The average Bonchev–Trinajstić information content (AvgIpc) is 2.86. The third kappa shape index (κ3) is 2.66. The van der Waals surface area contributed by atoms with Gasteiger partial charge in [-0.15, -0.1) is 0 Å². The number of aliphatic carboxylic acids is 1. The molecule has 0 aromatic carbocycles. The summed E-state index contributed by atoms with van der Waals surface area (Å²) in [5.41, 5.74) is 4.95. The Morgan fingerprint density at radius 1 is 1.38 bits per heavy atom. The Bertz CT molecular complexity index is 437. The first-order valence-corrected chi connectivity index (χ1v) is 7.66. The van der Waals surface area contributed by atoms with Crippen LogP contribution in [0.4, 0.5) is 0 Å². The van der Waals surface area contributed by atoms with Crippen LogP contribution >= 0.6 is 0 Å². The van der Waals surface area contributed by atoms with Crippen LogP contribution in [-0.2, 0) is 14.3 Å². The van der Waals surface area contributed by atoms with Crippen LogP contribution in [0, 0.1) is 11.3 Å². The maximum absolute atomic E-state index is 12.5. The highest BCUT2D eigenvalue weighted by atomic mass is 16.5. The third-order valence-electron chi connectivity index (χ3n) is 5.35. The molecule has 2 fully saturated rings. The molecule has 4 N–H and O–H groups in total. The molecule has 6 nitrogen and oxygen atoms in total. The number of carboxylic acids is 1. The SMILES string of the molecule is CCOC1CC(N)(C(=O)N[C@H]2CC[C@@H](C(=O)O)C2)C1(C)C. The van der Waals surface area contributed by atoms with E-state index in [2.05, 4.69) is 5.32 Å². The lowest BCUT2D eigenvalue weighted by molar-refractivity contribution is -0.171. The van der Waals surface area contributed by atoms with Gasteiger partial charge in [0.1, 0.15) is 5.54 Å². The normalized spacial score (nSPS) is 37.8. The zero-order valence-corrected chi connectivity index (χ0v) is 13.0. The lowest BCUT2D eigenvalue weighted by atomic mass is 9.54. The van der Waals surface area contributed by atoms with E-state index in [4.69, 9.17) is 15.6 Å². The van der Waals surface area contributed by atoms with Crippen molar-refractivity contribution in [3.8, 4) is 0 Å². The smallest absolute Gasteiger partial charge is 0.306 e. The van der Waals surface area contributed by atoms with Gasteiger partial charge in [-0.05, 0) is 26.2 Å². The molecule has 0 radical (unpaired) electrons. The Labute approximate surface area is 125 Å². The van der Waals surface area contributed by atoms with Crippen LogP contribution < -0.4 is 11.1 Å². The molecule has 2 rings (SSSR count). The van der Waals surface area contributed by atoms with Gasteiger partial charge in [-0.3, -0.25) is 9.59 Å². The van der Waals surface area contributed by atoms with Gasteiger partial charge in [-0.2, -0.15) is 0 Å². The second kappa shape index (κ2) is 5.57. The first kappa shape index (κ1) is 16.2. The number of carboxylic acid groups (broad SMARTS) is 1. The first-order chi connectivity index (χ1) is 9.72. The van der Waals surface area contributed by atoms with Crippen molar-refractivity contribution in [1.82, 2.24) is 5.32 Å². The summed E-state index contributed by atoms with van der Waals surface area (Å²) in [6.45, 7) is 6.43. The molecule has 0 aliphatic heterocycles. The van der Waals surface area contributed by atoms with Crippen LogP contribution in [0.15, 0.2) is 0 Å². The molecule has 0 saturated heterocycles. The van der Waals surface area contributed by atoms with Crippen LogP contribution in [0.3, 0.4) is 0 Å². The molecular formula is C15H26N2O4. The molecule has 0 aromatic heterocycles. The minimum atomic E-state index is -0.936. The summed E-state index contributed by atoms with van der Waals surface area (Å²) in [5, 5.41) is 11.9. The lowest BCUT2D eigenvalue weighted by Gasteiger charge is -2.57. The highest BCUT2D eigenvalue weighted by molar-refractivity contribution is 5.89. The van der Waals surface area contributed by atoms with Gasteiger partial charge in [0.25, 0.3) is 0 Å². The molecule has 2 aliphatic rings. The molecule has 6 heteroatoms. The van der Waals surface area contributed by atoms with Crippen molar-refractivity contribution in [2.24, 2.45) is 17.1 Å². The molecule has 0 aromatic rings. The number of nitrogens with two attached hydrogens (primary N) is 1. The average molecular weight is 298 g/mol. The molecule has 21 heavy (non-hydrogen) atoms. The summed E-state index contributed by atoms with van der Waals surface area (Å²) < 4.78 is 5.62. The minimum absolute atomic E-state index is 0.00593. The molecule has 0 bridgehead atoms. The number of carbonyl (C=O) groups is 2. The molecule has 2 unspecified atom stereocenters. The van der Waals surface area contributed by atoms with Gasteiger partial charge in [-0.1, -0.05) is 13.8 Å². The van der Waals surface area contributed by atoms with Crippen molar-refractivity contribution in [1.29, 1.82) is 0 Å². The molecule has 120 valence electrons. The lowest BCUT2D eigenvalue weighted by Crippen LogP contribution is -2.76. The van der Waals surface area contributed by atoms with Crippen molar-refractivity contribution in [3.05, 3.63) is 0 Å². The fourth-order valence-corrected chi connectivity index (χ4v) is 3.47. The number of ether oxygens (including phenoxy) is 1. The third-order valence-corrected chi connectivity index (χ3v) is 5.35. The molecule has 0 heterocycles. The minimum Gasteiger partial charge on any atom is -0.481 e. The zero-order chi connectivity index (χ0) is 15.8. The number of carbonyl (C=O) groups excluding carboxylic acids is 1. The molecular weight excluding hydrogens is 272 g/mol. The van der Waals surface area contributed by atoms with Crippen molar-refractivity contribution in [3.63, 3.8) is 0 Å². The summed E-state index contributed by atoms with van der Waals surface area (Å²) >= 11 is 0. The maximum atomic E-state index is 12.5. The number of rotatable bonds is 5. The van der Waals surface area contributed by atoms with E-state index in [1.54, 1.807) is 0 Å². The standard InChI is InChI=1S/C15H26N2O4/c1-4-21-11-8-15(16,14(11,2)3)13(20)17-10-6-5-9(7-10)12(18)19/h9-11H,4-8,16H2,1-3H3,(H,17,20)(H,18,19)/t9-,10+,11?,15?/m1/s1. The van der Waals surface area contributed by atoms with E-state index in [-0.39, 0.29) is 24.0 Å². The van der Waals surface area contributed by atoms with Gasteiger partial charge in [-0.25, -0.2) is 0 Å². The Hall–Kier alpha value is -1.14. The van der Waals surface area contributed by atoms with Gasteiger partial charge < -0.3 is 20.9 Å². The summed E-state index contributed by atoms with van der Waals surface area (Å²) in [5.74, 6) is -1.32. The second-order valence-corrected chi connectivity index (χ2v) is 6.86. The molecule has 2 aliphatic carbocycles. The Kier molecular flexibility index (Phi) is 4.31. The number of hydrogen-bond acceptors (Lipinski definition) is 4. The number of nitrogens with one attached hydrogen (secondary N) is 1. The van der Waals surface area contributed by atoms with Crippen molar-refractivity contribution < 1.29 is 19.4 Å². The van der Waals surface area contributed by atoms with E-state index in [0.717, 1.165) is 0 Å². The summed E-state index contributed by atoms with van der Waals surface area (Å²) in [4.78, 5) is 23.5. The van der Waals surface area contributed by atoms with Gasteiger partial charge in [0.05, 0.1) is 12.0 Å². The number of hydrogen-bond donors (Lipinski definition) is 3. The van der Waals surface area contributed by atoms with Gasteiger partial charge >= 0.3 is 5.97 Å². The fourth-order valence-electron chi connectivity index (χ4n) is 3.47. The van der Waals surface area contributed by atoms with E-state index < -0.39 is 16.9 Å². The van der Waals surface area contributed by atoms with E-state index in [9.17, 15) is 9.59 Å². The van der Waals surface area contributed by atoms with Crippen LogP contribution in [-0.4, -0.2) is 41.3 Å². The quantitative estimate of drug-likeness (QED) is 0.699. The van der Waals surface area contributed by atoms with Crippen LogP contribution in [0.1, 0.15) is 46.5 Å². The number of amides is 1. The molecule has 2 saturated carbocycles. The van der Waals surface area contributed by atoms with Crippen molar-refractivity contribution in [2.75, 3.05) is 6.61 Å². The molecule has 1 amide bonds. The Morgan fingerprint density at radius 2 is 2.05 bits per heavy atom. The van der Waals surface area contributed by atoms with Crippen LogP contribution in [0.25, 0.3) is 0 Å². The summed E-state index contributed by atoms with van der Waals surface area (Å²) in [7, 11) is 0. The van der Waals surface area contributed by atoms with E-state index in [1.165, 1.54) is 0 Å². The maximum Gasteiger partial charge on any atom is 0.306 e. The fraction of sp³-hybridized carbons (Fsp3) is 0.867. The van der Waals surface area contributed by atoms with E-state index >= 15 is 0 Å². The monoisotopic (exact) mass is 298 g/mol. The highest BCUT2D eigenvalue weighted by Crippen LogP contribution is 2.50. The molecule has 0 spiro atoms. The Morgan fingerprint density at radius 3 is 2.52 bits per heavy atom. The van der Waals surface area contributed by atoms with Gasteiger partial charge in [0.15, 0.2) is 0 Å². The van der Waals surface area contributed by atoms with E-state index in [1.807, 2.05) is 20.8 Å². The van der Waals surface area contributed by atoms with Gasteiger partial charge in [0.2, 0.25) is 5.91 Å². The van der Waals surface area contributed by atoms with E-state index in [0.29, 0.717) is 32.3 Å². The first-order valence-electron chi connectivity index (χ1n) is 7.66. The van der Waals surface area contributed by atoms with Gasteiger partial charge in [0, 0.05) is 24.5 Å². The Balaban J connectivity index is 1.94. The van der Waals surface area contributed by atoms with Crippen LogP contribution in [0.2, 0.25) is 0 Å². The summed E-state index contributed by atoms with van der Waals surface area (Å²) in [6, 6.07) is -0.0824. The largest absolute Gasteiger partial charge is 0.481 e. The van der Waals surface area contributed by atoms with Crippen molar-refractivity contribution >= 4 is 11.9 Å². The topological polar surface area (TPSA) is 102 Å². The predicted octanol–water partition coefficient (Wildman–Crippen LogP) is 0.888. The predicted molar refractivity (Wildman–Crippen MR) is 77.6 cm³/mol. The van der Waals surface area contributed by atoms with Crippen molar-refractivity contribution in [2.45, 2.75) is 64.1 Å².